The molecule has 1 fully saturated rings. The molecule has 1 aliphatic carbocycles. The van der Waals surface area contributed by atoms with Crippen LogP contribution in [0.1, 0.15) is 24.8 Å². The maximum absolute atomic E-state index is 13.4. The summed E-state index contributed by atoms with van der Waals surface area (Å²) >= 11 is 0. The molecule has 2 atom stereocenters. The van der Waals surface area contributed by atoms with Crippen molar-refractivity contribution in [1.29, 1.82) is 0 Å². The number of hydrogen-bond acceptors (Lipinski definition) is 2. The van der Waals surface area contributed by atoms with Crippen molar-refractivity contribution in [3.63, 3.8) is 0 Å². The Hall–Kier alpha value is -0.930. The van der Waals surface area contributed by atoms with Gasteiger partial charge in [-0.15, -0.1) is 0 Å². The van der Waals surface area contributed by atoms with Crippen LogP contribution in [0.2, 0.25) is 0 Å². The minimum atomic E-state index is -0.253. The highest BCUT2D eigenvalue weighted by molar-refractivity contribution is 5.17. The second kappa shape index (κ2) is 4.93. The predicted molar refractivity (Wildman–Crippen MR) is 61.5 cm³/mol. The maximum Gasteiger partial charge on any atom is 0.127 e. The number of halogens is 1. The molecule has 1 aromatic carbocycles. The monoisotopic (exact) mass is 223 g/mol. The number of aliphatic hydroxyl groups is 1. The van der Waals surface area contributed by atoms with E-state index in [1.165, 1.54) is 6.07 Å². The SMILES string of the molecule is CN(Cc1ccccc1F)C1CCCC1O. The molecule has 1 aromatic rings. The van der Waals surface area contributed by atoms with Crippen LogP contribution in [-0.2, 0) is 6.54 Å². The Kier molecular flexibility index (Phi) is 3.56. The molecule has 0 saturated heterocycles. The van der Waals surface area contributed by atoms with E-state index in [0.29, 0.717) is 12.1 Å². The summed E-state index contributed by atoms with van der Waals surface area (Å²) in [5.74, 6) is -0.165. The van der Waals surface area contributed by atoms with Crippen LogP contribution in [-0.4, -0.2) is 29.2 Å². The zero-order valence-corrected chi connectivity index (χ0v) is 9.56. The second-order valence-electron chi connectivity index (χ2n) is 4.57. The Balaban J connectivity index is 2.02. The van der Waals surface area contributed by atoms with E-state index in [2.05, 4.69) is 4.90 Å². The van der Waals surface area contributed by atoms with Crippen LogP contribution in [0.15, 0.2) is 24.3 Å². The standard InChI is InChI=1S/C13H18FNO/c1-15(12-7-4-8-13(12)16)9-10-5-2-3-6-11(10)14/h2-3,5-6,12-13,16H,4,7-9H2,1H3. The van der Waals surface area contributed by atoms with E-state index < -0.39 is 0 Å². The first-order valence-corrected chi connectivity index (χ1v) is 5.80. The molecule has 0 heterocycles. The summed E-state index contributed by atoms with van der Waals surface area (Å²) < 4.78 is 13.4. The molecule has 1 aliphatic rings. The van der Waals surface area contributed by atoms with Crippen molar-refractivity contribution < 1.29 is 9.50 Å². The number of aliphatic hydroxyl groups excluding tert-OH is 1. The Morgan fingerprint density at radius 2 is 2.12 bits per heavy atom. The number of hydrogen-bond donors (Lipinski definition) is 1. The van der Waals surface area contributed by atoms with E-state index >= 15 is 0 Å². The average molecular weight is 223 g/mol. The quantitative estimate of drug-likeness (QED) is 0.849. The first kappa shape index (κ1) is 11.6. The van der Waals surface area contributed by atoms with Gasteiger partial charge in [0.15, 0.2) is 0 Å². The zero-order chi connectivity index (χ0) is 11.5. The fourth-order valence-electron chi connectivity index (χ4n) is 2.45. The first-order chi connectivity index (χ1) is 7.68. The molecule has 3 heteroatoms. The van der Waals surface area contributed by atoms with E-state index in [0.717, 1.165) is 19.3 Å². The molecular weight excluding hydrogens is 205 g/mol. The zero-order valence-electron chi connectivity index (χ0n) is 9.56. The lowest BCUT2D eigenvalue weighted by Crippen LogP contribution is -2.37. The minimum Gasteiger partial charge on any atom is -0.391 e. The van der Waals surface area contributed by atoms with Gasteiger partial charge in [0.25, 0.3) is 0 Å². The Morgan fingerprint density at radius 1 is 1.38 bits per heavy atom. The molecule has 2 unspecified atom stereocenters. The predicted octanol–water partition coefficient (Wildman–Crippen LogP) is 2.17. The van der Waals surface area contributed by atoms with E-state index in [4.69, 9.17) is 0 Å². The maximum atomic E-state index is 13.4. The van der Waals surface area contributed by atoms with Gasteiger partial charge in [-0.05, 0) is 32.4 Å². The van der Waals surface area contributed by atoms with Crippen molar-refractivity contribution >= 4 is 0 Å². The van der Waals surface area contributed by atoms with Crippen LogP contribution in [0, 0.1) is 5.82 Å². The summed E-state index contributed by atoms with van der Waals surface area (Å²) in [6.07, 6.45) is 2.68. The fourth-order valence-corrected chi connectivity index (χ4v) is 2.45. The topological polar surface area (TPSA) is 23.5 Å². The minimum absolute atomic E-state index is 0.165. The lowest BCUT2D eigenvalue weighted by molar-refractivity contribution is 0.0819. The second-order valence-corrected chi connectivity index (χ2v) is 4.57. The van der Waals surface area contributed by atoms with Gasteiger partial charge in [-0.1, -0.05) is 18.2 Å². The third-order valence-electron chi connectivity index (χ3n) is 3.39. The van der Waals surface area contributed by atoms with E-state index in [9.17, 15) is 9.50 Å². The normalized spacial score (nSPS) is 25.2. The highest BCUT2D eigenvalue weighted by Gasteiger charge is 2.28. The summed E-state index contributed by atoms with van der Waals surface area (Å²) in [7, 11) is 1.95. The van der Waals surface area contributed by atoms with E-state index in [1.54, 1.807) is 12.1 Å². The molecule has 0 spiro atoms. The van der Waals surface area contributed by atoms with Gasteiger partial charge in [0.05, 0.1) is 6.10 Å². The molecule has 0 aromatic heterocycles. The van der Waals surface area contributed by atoms with E-state index in [-0.39, 0.29) is 18.0 Å². The fraction of sp³-hybridized carbons (Fsp3) is 0.538. The third-order valence-corrected chi connectivity index (χ3v) is 3.39. The van der Waals surface area contributed by atoms with Gasteiger partial charge in [-0.25, -0.2) is 4.39 Å². The highest BCUT2D eigenvalue weighted by atomic mass is 19.1. The molecule has 2 rings (SSSR count). The molecule has 2 nitrogen and oxygen atoms in total. The van der Waals surface area contributed by atoms with E-state index in [1.807, 2.05) is 13.1 Å². The van der Waals surface area contributed by atoms with Gasteiger partial charge in [0, 0.05) is 18.2 Å². The molecule has 0 aliphatic heterocycles. The number of likely N-dealkylation sites (N-methyl/N-ethyl adjacent to an activating group) is 1. The van der Waals surface area contributed by atoms with Crippen molar-refractivity contribution in [2.24, 2.45) is 0 Å². The number of nitrogens with zero attached hydrogens (tertiary/aromatic N) is 1. The lowest BCUT2D eigenvalue weighted by atomic mass is 10.1. The third kappa shape index (κ3) is 2.42. The Morgan fingerprint density at radius 3 is 2.75 bits per heavy atom. The number of rotatable bonds is 3. The molecule has 0 bridgehead atoms. The smallest absolute Gasteiger partial charge is 0.127 e. The van der Waals surface area contributed by atoms with Crippen LogP contribution >= 0.6 is 0 Å². The lowest BCUT2D eigenvalue weighted by Gasteiger charge is -2.27. The highest BCUT2D eigenvalue weighted by Crippen LogP contribution is 2.24. The van der Waals surface area contributed by atoms with Gasteiger partial charge in [-0.3, -0.25) is 4.90 Å². The Labute approximate surface area is 95.7 Å². The van der Waals surface area contributed by atoms with Gasteiger partial charge < -0.3 is 5.11 Å². The average Bonchev–Trinajstić information content (AvgIpc) is 2.68. The largest absolute Gasteiger partial charge is 0.391 e. The summed E-state index contributed by atoms with van der Waals surface area (Å²) in [6, 6.07) is 7.00. The van der Waals surface area contributed by atoms with Gasteiger partial charge in [0.1, 0.15) is 5.82 Å². The van der Waals surface area contributed by atoms with Crippen LogP contribution in [0.4, 0.5) is 4.39 Å². The van der Waals surface area contributed by atoms with Crippen molar-refractivity contribution in [2.45, 2.75) is 38.0 Å². The van der Waals surface area contributed by atoms with Gasteiger partial charge >= 0.3 is 0 Å². The molecule has 16 heavy (non-hydrogen) atoms. The molecule has 0 radical (unpaired) electrons. The summed E-state index contributed by atoms with van der Waals surface area (Å²) in [5, 5.41) is 9.77. The van der Waals surface area contributed by atoms with Crippen LogP contribution in [0.25, 0.3) is 0 Å². The molecule has 0 amide bonds. The van der Waals surface area contributed by atoms with Crippen LogP contribution < -0.4 is 0 Å². The van der Waals surface area contributed by atoms with Gasteiger partial charge in [0.2, 0.25) is 0 Å². The molecule has 88 valence electrons. The molecule has 1 saturated carbocycles. The summed E-state index contributed by atoms with van der Waals surface area (Å²) in [5.41, 5.74) is 0.698. The molecular formula is C13H18FNO. The molecule has 1 N–H and O–H groups in total. The van der Waals surface area contributed by atoms with Crippen LogP contribution in [0.5, 0.6) is 0 Å². The van der Waals surface area contributed by atoms with Crippen molar-refractivity contribution in [3.05, 3.63) is 35.6 Å². The van der Waals surface area contributed by atoms with Crippen molar-refractivity contribution in [3.8, 4) is 0 Å². The van der Waals surface area contributed by atoms with Gasteiger partial charge in [-0.2, -0.15) is 0 Å². The summed E-state index contributed by atoms with van der Waals surface area (Å²) in [4.78, 5) is 2.05. The Bertz CT molecular complexity index is 356. The van der Waals surface area contributed by atoms with Crippen LogP contribution in [0.3, 0.4) is 0 Å². The number of benzene rings is 1. The summed E-state index contributed by atoms with van der Waals surface area (Å²) in [6.45, 7) is 0.564. The van der Waals surface area contributed by atoms with Crippen molar-refractivity contribution in [2.75, 3.05) is 7.05 Å². The first-order valence-electron chi connectivity index (χ1n) is 5.80. The van der Waals surface area contributed by atoms with Crippen molar-refractivity contribution in [1.82, 2.24) is 4.90 Å².